The highest BCUT2D eigenvalue weighted by Gasteiger charge is 2.30. The predicted octanol–water partition coefficient (Wildman–Crippen LogP) is 12.2. The molecule has 1 aliphatic rings. The number of hydrogen-bond acceptors (Lipinski definition) is 2. The van der Waals surface area contributed by atoms with Crippen LogP contribution in [-0.2, 0) is 0 Å². The summed E-state index contributed by atoms with van der Waals surface area (Å²) >= 11 is 0.790. The van der Waals surface area contributed by atoms with Gasteiger partial charge < -0.3 is 4.57 Å². The van der Waals surface area contributed by atoms with Gasteiger partial charge in [-0.05, 0) is 99.8 Å². The number of aromatic nitrogens is 1. The SMILES string of the molecule is [2H]c1c([2H])c([2H])c2c(c1[2H])-c1c([2H])c(-c3c([2H])c([2H])c4c(c3[2H])c3c([2H])c([2H])c([2H])c([2H])c3n4-c3c([2H])c([2H])c([2H])c4c3sc3c([2H])c(C)c([2H])c([2H])c34)c([2H])c([2H])c1C2c1c([2H])c([2H])c(C#N)c([2H])c1[2H]. The Balaban J connectivity index is 1.40. The molecule has 0 radical (unpaired) electrons. The Labute approximate surface area is 316 Å². The second-order valence-electron chi connectivity index (χ2n) is 10.9. The van der Waals surface area contributed by atoms with Crippen molar-refractivity contribution in [2.45, 2.75) is 12.8 Å². The van der Waals surface area contributed by atoms with Crippen LogP contribution in [0.3, 0.4) is 0 Å². The first-order valence-electron chi connectivity index (χ1n) is 26.4. The van der Waals surface area contributed by atoms with Gasteiger partial charge in [0.2, 0.25) is 0 Å². The molecular weight excluding hydrogens is 601 g/mol. The van der Waals surface area contributed by atoms with Gasteiger partial charge in [-0.2, -0.15) is 5.26 Å². The topological polar surface area (TPSA) is 28.7 Å². The third-order valence-electron chi connectivity index (χ3n) is 8.23. The van der Waals surface area contributed by atoms with Gasteiger partial charge in [0, 0.05) is 32.2 Å². The van der Waals surface area contributed by atoms with Crippen molar-refractivity contribution in [3.8, 4) is 34.0 Å². The largest absolute Gasteiger partial charge is 0.308 e. The maximum Gasteiger partial charge on any atom is 0.0991 e. The number of nitrogens with zero attached hydrogens (tertiary/aromatic N) is 2. The Morgan fingerprint density at radius 2 is 1.38 bits per heavy atom. The lowest BCUT2D eigenvalue weighted by molar-refractivity contribution is 1.01. The third kappa shape index (κ3) is 3.91. The monoisotopic (exact) mass is 652 g/mol. The zero-order valence-electron chi connectivity index (χ0n) is 48.4. The van der Waals surface area contributed by atoms with Crippen molar-refractivity contribution in [2.24, 2.45) is 0 Å². The maximum atomic E-state index is 9.89. The van der Waals surface area contributed by atoms with E-state index in [9.17, 15) is 17.6 Å². The summed E-state index contributed by atoms with van der Waals surface area (Å²) in [7, 11) is 0. The molecule has 2 heterocycles. The maximum absolute atomic E-state index is 9.89. The first-order valence-corrected chi connectivity index (χ1v) is 15.2. The van der Waals surface area contributed by atoms with Gasteiger partial charge in [-0.1, -0.05) is 96.7 Å². The zero-order chi connectivity index (χ0) is 52.8. The molecule has 2 aromatic heterocycles. The summed E-state index contributed by atoms with van der Waals surface area (Å²) in [5.74, 6) is -1.78. The standard InChI is InChI=1S/C45H28N2S/c1-27-13-20-34-37-10-6-12-42(45(37)48-43(34)23-27)47-40-11-5-4-8-33(40)39-25-31(19-22-41(39)47)30-18-21-36-38(24-30)32-7-2-3-9-35(32)44(36)29-16-14-28(26-46)15-17-29/h2-25,44H,1H3/i2D,3D,4D,5D,6D,7D,8D,9D,10D,11D,12D,13D,14D,15D,16D,17D,18D,19D,20D,21D,22D,23D,24D,25D. The molecule has 1 aliphatic carbocycles. The number of hydrogen-bond donors (Lipinski definition) is 0. The summed E-state index contributed by atoms with van der Waals surface area (Å²) < 4.78 is 219. The van der Waals surface area contributed by atoms with E-state index in [-0.39, 0.29) is 43.5 Å². The van der Waals surface area contributed by atoms with Gasteiger partial charge in [0.25, 0.3) is 0 Å². The quantitative estimate of drug-likeness (QED) is 0.187. The Kier molecular flexibility index (Phi) is 2.69. The molecule has 9 aromatic rings. The molecule has 1 unspecified atom stereocenters. The molecule has 0 amide bonds. The Bertz CT molecular complexity index is 4160. The molecular formula is C45H28N2S. The van der Waals surface area contributed by atoms with Gasteiger partial charge in [-0.15, -0.1) is 11.3 Å². The second kappa shape index (κ2) is 10.3. The fourth-order valence-electron chi connectivity index (χ4n) is 6.16. The molecule has 224 valence electrons. The van der Waals surface area contributed by atoms with Crippen LogP contribution in [0.4, 0.5) is 0 Å². The van der Waals surface area contributed by atoms with E-state index in [1.165, 1.54) is 6.92 Å². The number of rotatable bonds is 3. The van der Waals surface area contributed by atoms with E-state index in [0.717, 1.165) is 15.9 Å². The fraction of sp³-hybridized carbons (Fsp3) is 0.0444. The molecule has 1 atom stereocenters. The first kappa shape index (κ1) is 12.6. The van der Waals surface area contributed by atoms with E-state index in [1.54, 1.807) is 6.07 Å². The molecule has 3 heteroatoms. The van der Waals surface area contributed by atoms with E-state index >= 15 is 0 Å². The van der Waals surface area contributed by atoms with Crippen molar-refractivity contribution >= 4 is 53.3 Å². The number of fused-ring (bicyclic) bond motifs is 9. The third-order valence-corrected chi connectivity index (χ3v) is 9.34. The molecule has 0 spiro atoms. The van der Waals surface area contributed by atoms with Gasteiger partial charge >= 0.3 is 0 Å². The molecule has 0 fully saturated rings. The first-order chi connectivity index (χ1) is 33.7. The molecule has 0 saturated heterocycles. The van der Waals surface area contributed by atoms with Crippen LogP contribution in [0.5, 0.6) is 0 Å². The highest BCUT2D eigenvalue weighted by molar-refractivity contribution is 7.26. The van der Waals surface area contributed by atoms with E-state index in [2.05, 4.69) is 0 Å². The van der Waals surface area contributed by atoms with Crippen molar-refractivity contribution in [1.82, 2.24) is 4.57 Å². The van der Waals surface area contributed by atoms with Crippen LogP contribution in [-0.4, -0.2) is 4.57 Å². The van der Waals surface area contributed by atoms with Crippen molar-refractivity contribution in [3.63, 3.8) is 0 Å². The number of thiophene rings is 1. The van der Waals surface area contributed by atoms with Crippen molar-refractivity contribution in [1.29, 1.82) is 5.26 Å². The molecule has 10 rings (SSSR count). The summed E-state index contributed by atoms with van der Waals surface area (Å²) in [4.78, 5) is 0. The van der Waals surface area contributed by atoms with Crippen LogP contribution in [0.25, 0.3) is 69.9 Å². The van der Waals surface area contributed by atoms with E-state index < -0.39 is 205 Å². The minimum atomic E-state index is -1.78. The Hall–Kier alpha value is -5.95. The number of benzene rings is 7. The minimum absolute atomic E-state index is 0.0723. The average Bonchev–Trinajstić information content (AvgIpc) is 4.04. The molecule has 0 bridgehead atoms. The van der Waals surface area contributed by atoms with Gasteiger partial charge in [0.05, 0.1) is 66.0 Å². The fourth-order valence-corrected chi connectivity index (χ4v) is 7.32. The van der Waals surface area contributed by atoms with Gasteiger partial charge in [0.1, 0.15) is 0 Å². The van der Waals surface area contributed by atoms with Crippen LogP contribution < -0.4 is 0 Å². The lowest BCUT2D eigenvalue weighted by Gasteiger charge is -2.15. The zero-order valence-corrected chi connectivity index (χ0v) is 25.2. The van der Waals surface area contributed by atoms with E-state index in [1.807, 2.05) is 0 Å². The minimum Gasteiger partial charge on any atom is -0.308 e. The summed E-state index contributed by atoms with van der Waals surface area (Å²) in [6.45, 7) is 1.45. The van der Waals surface area contributed by atoms with Crippen LogP contribution in [0, 0.1) is 18.3 Å². The van der Waals surface area contributed by atoms with Crippen LogP contribution in [0.2, 0.25) is 0 Å². The normalized spacial score (nSPS) is 20.7. The van der Waals surface area contributed by atoms with E-state index in [0.29, 0.717) is 0 Å². The summed E-state index contributed by atoms with van der Waals surface area (Å²) in [5.41, 5.74) is -5.67. The van der Waals surface area contributed by atoms with Crippen molar-refractivity contribution in [2.75, 3.05) is 0 Å². The van der Waals surface area contributed by atoms with E-state index in [4.69, 9.17) is 20.6 Å². The predicted molar refractivity (Wildman–Crippen MR) is 201 cm³/mol. The molecule has 0 N–H and O–H groups in total. The highest BCUT2D eigenvalue weighted by atomic mass is 32.1. The molecule has 0 saturated carbocycles. The average molecular weight is 653 g/mol. The van der Waals surface area contributed by atoms with Gasteiger partial charge in [-0.3, -0.25) is 0 Å². The molecule has 2 nitrogen and oxygen atoms in total. The number of para-hydroxylation sites is 1. The lowest BCUT2D eigenvalue weighted by atomic mass is 9.88. The van der Waals surface area contributed by atoms with Crippen LogP contribution in [0.1, 0.15) is 66.6 Å². The highest BCUT2D eigenvalue weighted by Crippen LogP contribution is 2.49. The van der Waals surface area contributed by atoms with Crippen LogP contribution >= 0.6 is 11.3 Å². The number of nitriles is 1. The summed E-state index contributed by atoms with van der Waals surface area (Å²) in [5, 5.41) is 8.51. The molecule has 0 aliphatic heterocycles. The summed E-state index contributed by atoms with van der Waals surface area (Å²) in [6, 6.07) is -16.3. The lowest BCUT2D eigenvalue weighted by Crippen LogP contribution is -1.99. The Morgan fingerprint density at radius 3 is 2.27 bits per heavy atom. The van der Waals surface area contributed by atoms with Crippen molar-refractivity contribution in [3.05, 3.63) is 173 Å². The van der Waals surface area contributed by atoms with Gasteiger partial charge in [-0.25, -0.2) is 0 Å². The van der Waals surface area contributed by atoms with Crippen LogP contribution in [0.15, 0.2) is 145 Å². The Morgan fingerprint density at radius 1 is 0.625 bits per heavy atom. The molecule has 48 heavy (non-hydrogen) atoms. The molecule has 7 aromatic carbocycles. The second-order valence-corrected chi connectivity index (χ2v) is 11.9. The van der Waals surface area contributed by atoms with Gasteiger partial charge in [0.15, 0.2) is 0 Å². The smallest absolute Gasteiger partial charge is 0.0991 e. The van der Waals surface area contributed by atoms with Crippen molar-refractivity contribution < 1.29 is 32.9 Å². The summed E-state index contributed by atoms with van der Waals surface area (Å²) in [6.07, 6.45) is 0.